The number of aryl methyl sites for hydroxylation is 3. The highest BCUT2D eigenvalue weighted by Crippen LogP contribution is 2.14. The van der Waals surface area contributed by atoms with E-state index in [1.165, 1.54) is 16.7 Å². The zero-order chi connectivity index (χ0) is 15.9. The molecular weight excluding hydrogens is 401 g/mol. The zero-order valence-corrected chi connectivity index (χ0v) is 15.9. The fourth-order valence-corrected chi connectivity index (χ4v) is 2.15. The van der Waals surface area contributed by atoms with Crippen molar-refractivity contribution in [2.24, 2.45) is 10.7 Å². The van der Waals surface area contributed by atoms with Crippen molar-refractivity contribution in [2.45, 2.75) is 26.7 Å². The molecule has 124 valence electrons. The minimum atomic E-state index is 0. The van der Waals surface area contributed by atoms with Crippen molar-refractivity contribution in [2.75, 3.05) is 11.9 Å². The molecule has 0 saturated heterocycles. The summed E-state index contributed by atoms with van der Waals surface area (Å²) in [6, 6.07) is 13.4. The summed E-state index contributed by atoms with van der Waals surface area (Å²) in [7, 11) is 0. The molecule has 2 rings (SSSR count). The van der Waals surface area contributed by atoms with Crippen molar-refractivity contribution >= 4 is 35.6 Å². The molecule has 0 unspecified atom stereocenters. The number of guanidine groups is 1. The number of rotatable bonds is 5. The highest BCUT2D eigenvalue weighted by Gasteiger charge is 1.98. The first kappa shape index (κ1) is 19.3. The van der Waals surface area contributed by atoms with Gasteiger partial charge < -0.3 is 16.2 Å². The first-order valence-electron chi connectivity index (χ1n) is 7.47. The Morgan fingerprint density at radius 1 is 1.09 bits per heavy atom. The van der Waals surface area contributed by atoms with Crippen molar-refractivity contribution in [3.63, 3.8) is 0 Å². The van der Waals surface area contributed by atoms with E-state index in [1.807, 2.05) is 18.2 Å². The molecule has 0 aromatic heterocycles. The van der Waals surface area contributed by atoms with Gasteiger partial charge in [0.1, 0.15) is 5.75 Å². The third-order valence-corrected chi connectivity index (χ3v) is 3.62. The molecular formula is C18H24IN3O. The maximum atomic E-state index is 9.23. The predicted octanol–water partition coefficient (Wildman–Crippen LogP) is 3.99. The van der Waals surface area contributed by atoms with E-state index < -0.39 is 0 Å². The number of hydrogen-bond donors (Lipinski definition) is 3. The summed E-state index contributed by atoms with van der Waals surface area (Å²) in [5.41, 5.74) is 10.5. The van der Waals surface area contributed by atoms with E-state index in [0.29, 0.717) is 18.3 Å². The normalized spacial score (nSPS) is 11.0. The van der Waals surface area contributed by atoms with Crippen molar-refractivity contribution in [3.8, 4) is 5.75 Å². The molecule has 0 saturated carbocycles. The molecule has 5 heteroatoms. The number of aliphatic imine (C=N–C) groups is 1. The Morgan fingerprint density at radius 2 is 1.78 bits per heavy atom. The predicted molar refractivity (Wildman–Crippen MR) is 108 cm³/mol. The van der Waals surface area contributed by atoms with Crippen molar-refractivity contribution in [1.29, 1.82) is 0 Å². The van der Waals surface area contributed by atoms with E-state index in [1.54, 1.807) is 12.1 Å². The van der Waals surface area contributed by atoms with E-state index >= 15 is 0 Å². The quantitative estimate of drug-likeness (QED) is 0.294. The van der Waals surface area contributed by atoms with Gasteiger partial charge in [0.05, 0.1) is 0 Å². The van der Waals surface area contributed by atoms with Crippen molar-refractivity contribution in [3.05, 3.63) is 59.2 Å². The molecule has 4 N–H and O–H groups in total. The van der Waals surface area contributed by atoms with Crippen LogP contribution in [0.2, 0.25) is 0 Å². The number of nitrogens with two attached hydrogens (primary N) is 1. The van der Waals surface area contributed by atoms with Crippen LogP contribution in [0.5, 0.6) is 5.75 Å². The summed E-state index contributed by atoms with van der Waals surface area (Å²) in [5.74, 6) is 0.734. The number of nitrogens with one attached hydrogen (secondary N) is 1. The van der Waals surface area contributed by atoms with Gasteiger partial charge in [-0.05, 0) is 67.6 Å². The molecule has 0 atom stereocenters. The van der Waals surface area contributed by atoms with Gasteiger partial charge in [0.2, 0.25) is 0 Å². The molecule has 2 aromatic rings. The lowest BCUT2D eigenvalue weighted by atomic mass is 10.1. The van der Waals surface area contributed by atoms with E-state index in [2.05, 4.69) is 36.3 Å². The van der Waals surface area contributed by atoms with Crippen LogP contribution >= 0.6 is 24.0 Å². The van der Waals surface area contributed by atoms with E-state index in [-0.39, 0.29) is 24.0 Å². The smallest absolute Gasteiger partial charge is 0.193 e. The number of halogens is 1. The monoisotopic (exact) mass is 425 g/mol. The molecule has 0 fully saturated rings. The molecule has 0 heterocycles. The van der Waals surface area contributed by atoms with Crippen molar-refractivity contribution < 1.29 is 5.11 Å². The molecule has 0 amide bonds. The van der Waals surface area contributed by atoms with Crippen LogP contribution in [0.15, 0.2) is 47.5 Å². The zero-order valence-electron chi connectivity index (χ0n) is 13.5. The number of aromatic hydroxyl groups is 1. The minimum absolute atomic E-state index is 0. The highest BCUT2D eigenvalue weighted by molar-refractivity contribution is 14.0. The van der Waals surface area contributed by atoms with E-state index in [9.17, 15) is 5.11 Å². The van der Waals surface area contributed by atoms with Gasteiger partial charge in [-0.15, -0.1) is 24.0 Å². The van der Waals surface area contributed by atoms with Gasteiger partial charge in [-0.25, -0.2) is 0 Å². The van der Waals surface area contributed by atoms with Gasteiger partial charge in [0.25, 0.3) is 0 Å². The first-order valence-corrected chi connectivity index (χ1v) is 7.47. The molecule has 0 bridgehead atoms. The first-order chi connectivity index (χ1) is 10.5. The van der Waals surface area contributed by atoms with Gasteiger partial charge in [0.15, 0.2) is 5.96 Å². The molecule has 0 aliphatic carbocycles. The molecule has 23 heavy (non-hydrogen) atoms. The topological polar surface area (TPSA) is 70.6 Å². The fourth-order valence-electron chi connectivity index (χ4n) is 2.15. The van der Waals surface area contributed by atoms with Crippen molar-refractivity contribution in [1.82, 2.24) is 0 Å². The Hall–Kier alpha value is -1.76. The second-order valence-electron chi connectivity index (χ2n) is 5.46. The van der Waals surface area contributed by atoms with Crippen LogP contribution in [0.25, 0.3) is 0 Å². The minimum Gasteiger partial charge on any atom is -0.508 e. The van der Waals surface area contributed by atoms with E-state index in [0.717, 1.165) is 18.5 Å². The van der Waals surface area contributed by atoms with Gasteiger partial charge >= 0.3 is 0 Å². The Labute approximate surface area is 154 Å². The molecule has 2 aromatic carbocycles. The summed E-state index contributed by atoms with van der Waals surface area (Å²) in [4.78, 5) is 4.34. The number of nitrogens with zero attached hydrogens (tertiary/aromatic N) is 1. The number of hydrogen-bond acceptors (Lipinski definition) is 2. The lowest BCUT2D eigenvalue weighted by molar-refractivity contribution is 0.475. The fraction of sp³-hybridized carbons (Fsp3) is 0.278. The highest BCUT2D eigenvalue weighted by atomic mass is 127. The van der Waals surface area contributed by atoms with Gasteiger partial charge in [-0.2, -0.15) is 0 Å². The average molecular weight is 425 g/mol. The third-order valence-electron chi connectivity index (χ3n) is 3.62. The SMILES string of the molecule is Cc1ccc(NC(N)=NCCCc2ccc(O)cc2)cc1C.I. The molecule has 0 aliphatic heterocycles. The summed E-state index contributed by atoms with van der Waals surface area (Å²) in [5, 5.41) is 12.3. The molecule has 4 nitrogen and oxygen atoms in total. The average Bonchev–Trinajstić information content (AvgIpc) is 2.49. The van der Waals surface area contributed by atoms with Gasteiger partial charge in [-0.1, -0.05) is 18.2 Å². The number of benzene rings is 2. The summed E-state index contributed by atoms with van der Waals surface area (Å²) in [6.07, 6.45) is 1.83. The van der Waals surface area contributed by atoms with E-state index in [4.69, 9.17) is 5.73 Å². The Bertz CT molecular complexity index is 654. The van der Waals surface area contributed by atoms with Crippen LogP contribution in [-0.4, -0.2) is 17.6 Å². The summed E-state index contributed by atoms with van der Waals surface area (Å²) in [6.45, 7) is 4.83. The second-order valence-corrected chi connectivity index (χ2v) is 5.46. The van der Waals surface area contributed by atoms with Gasteiger partial charge in [0, 0.05) is 12.2 Å². The standard InChI is InChI=1S/C18H23N3O.HI/c1-13-5-8-16(12-14(13)2)21-18(19)20-11-3-4-15-6-9-17(22)10-7-15;/h5-10,12,22H,3-4,11H2,1-2H3,(H3,19,20,21);1H. The van der Waals surface area contributed by atoms with Gasteiger partial charge in [-0.3, -0.25) is 4.99 Å². The van der Waals surface area contributed by atoms with Crippen LogP contribution in [0, 0.1) is 13.8 Å². The van der Waals surface area contributed by atoms with Crippen LogP contribution in [0.4, 0.5) is 5.69 Å². The lowest BCUT2D eigenvalue weighted by Gasteiger charge is -2.08. The van der Waals surface area contributed by atoms with Crippen LogP contribution in [0.1, 0.15) is 23.1 Å². The Morgan fingerprint density at radius 3 is 2.43 bits per heavy atom. The summed E-state index contributed by atoms with van der Waals surface area (Å²) < 4.78 is 0. The Balaban J connectivity index is 0.00000264. The third kappa shape index (κ3) is 6.48. The second kappa shape index (κ2) is 9.39. The molecule has 0 spiro atoms. The largest absolute Gasteiger partial charge is 0.508 e. The molecule has 0 aliphatic rings. The maximum Gasteiger partial charge on any atom is 0.193 e. The Kier molecular flexibility index (Phi) is 7.88. The maximum absolute atomic E-state index is 9.23. The number of phenolic OH excluding ortho intramolecular Hbond substituents is 1. The molecule has 0 radical (unpaired) electrons. The number of phenols is 1. The van der Waals surface area contributed by atoms with Crippen LogP contribution < -0.4 is 11.1 Å². The number of anilines is 1. The van der Waals surface area contributed by atoms with Crippen LogP contribution in [0.3, 0.4) is 0 Å². The van der Waals surface area contributed by atoms with Crippen LogP contribution in [-0.2, 0) is 6.42 Å². The lowest BCUT2D eigenvalue weighted by Crippen LogP contribution is -2.23. The summed E-state index contributed by atoms with van der Waals surface area (Å²) >= 11 is 0.